The third-order valence-electron chi connectivity index (χ3n) is 3.51. The maximum absolute atomic E-state index is 6.27. The van der Waals surface area contributed by atoms with Crippen LogP contribution in [0.4, 0.5) is 0 Å². The zero-order chi connectivity index (χ0) is 13.8. The van der Waals surface area contributed by atoms with Crippen molar-refractivity contribution in [1.82, 2.24) is 0 Å². The topological polar surface area (TPSA) is 26.0 Å². The number of aryl methyl sites for hydroxylation is 2. The van der Waals surface area contributed by atoms with E-state index in [-0.39, 0.29) is 6.04 Å². The van der Waals surface area contributed by atoms with Gasteiger partial charge in [0.15, 0.2) is 0 Å². The van der Waals surface area contributed by atoms with E-state index in [0.717, 1.165) is 17.3 Å². The summed E-state index contributed by atoms with van der Waals surface area (Å²) in [6.07, 6.45) is 1.82. The van der Waals surface area contributed by atoms with Crippen LogP contribution < -0.4 is 5.73 Å². The minimum absolute atomic E-state index is 0.154. The fourth-order valence-electron chi connectivity index (χ4n) is 2.25. The van der Waals surface area contributed by atoms with Gasteiger partial charge in [-0.15, -0.1) is 0 Å². The summed E-state index contributed by atoms with van der Waals surface area (Å²) in [5.41, 5.74) is 11.5. The lowest BCUT2D eigenvalue weighted by Gasteiger charge is -2.14. The molecule has 1 nitrogen and oxygen atoms in total. The second-order valence-corrected chi connectivity index (χ2v) is 6.03. The van der Waals surface area contributed by atoms with Gasteiger partial charge in [0.25, 0.3) is 0 Å². The maximum Gasteiger partial charge on any atom is 0.0207 e. The maximum atomic E-state index is 6.27. The third-order valence-corrected chi connectivity index (χ3v) is 4.28. The summed E-state index contributed by atoms with van der Waals surface area (Å²) in [6.45, 7) is 4.29. The molecule has 2 aromatic carbocycles. The largest absolute Gasteiger partial charge is 0.327 e. The van der Waals surface area contributed by atoms with E-state index >= 15 is 0 Å². The molecule has 0 saturated heterocycles. The zero-order valence-electron chi connectivity index (χ0n) is 11.5. The first kappa shape index (κ1) is 14.3. The molecule has 0 amide bonds. The Balaban J connectivity index is 2.03. The van der Waals surface area contributed by atoms with Crippen LogP contribution in [-0.2, 0) is 12.8 Å². The summed E-state index contributed by atoms with van der Waals surface area (Å²) in [4.78, 5) is 0. The summed E-state index contributed by atoms with van der Waals surface area (Å²) in [6, 6.07) is 15.0. The number of hydrogen-bond donors (Lipinski definition) is 1. The highest BCUT2D eigenvalue weighted by atomic mass is 79.9. The first-order valence-corrected chi connectivity index (χ1v) is 7.40. The molecular formula is C17H20BrN. The van der Waals surface area contributed by atoms with Gasteiger partial charge in [-0.25, -0.2) is 0 Å². The van der Waals surface area contributed by atoms with Gasteiger partial charge in [-0.05, 0) is 55.0 Å². The normalized spacial score (nSPS) is 12.4. The smallest absolute Gasteiger partial charge is 0.0207 e. The molecular weight excluding hydrogens is 298 g/mol. The van der Waals surface area contributed by atoms with E-state index in [1.807, 2.05) is 6.07 Å². The molecule has 100 valence electrons. The van der Waals surface area contributed by atoms with Crippen molar-refractivity contribution in [1.29, 1.82) is 0 Å². The first-order valence-electron chi connectivity index (χ1n) is 6.61. The molecule has 0 bridgehead atoms. The molecule has 0 saturated carbocycles. The zero-order valence-corrected chi connectivity index (χ0v) is 13.1. The van der Waals surface area contributed by atoms with Crippen molar-refractivity contribution < 1.29 is 0 Å². The summed E-state index contributed by atoms with van der Waals surface area (Å²) >= 11 is 3.58. The Morgan fingerprint density at radius 2 is 1.74 bits per heavy atom. The molecule has 2 rings (SSSR count). The first-order chi connectivity index (χ1) is 9.06. The van der Waals surface area contributed by atoms with Gasteiger partial charge in [-0.1, -0.05) is 52.3 Å². The van der Waals surface area contributed by atoms with Crippen LogP contribution in [-0.4, -0.2) is 6.04 Å². The van der Waals surface area contributed by atoms with Gasteiger partial charge in [0.2, 0.25) is 0 Å². The standard InChI is InChI=1S/C17H20BrN/c1-12-7-8-14(9-13(12)2)10-16(19)11-15-5-3-4-6-17(15)18/h3-9,16H,10-11,19H2,1-2H3. The molecule has 0 heterocycles. The van der Waals surface area contributed by atoms with Crippen molar-refractivity contribution in [2.45, 2.75) is 32.7 Å². The highest BCUT2D eigenvalue weighted by molar-refractivity contribution is 9.10. The second-order valence-electron chi connectivity index (χ2n) is 5.18. The third kappa shape index (κ3) is 3.92. The molecule has 0 aromatic heterocycles. The van der Waals surface area contributed by atoms with Gasteiger partial charge in [-0.2, -0.15) is 0 Å². The molecule has 0 aliphatic heterocycles. The quantitative estimate of drug-likeness (QED) is 0.899. The van der Waals surface area contributed by atoms with E-state index < -0.39 is 0 Å². The predicted molar refractivity (Wildman–Crippen MR) is 85.4 cm³/mol. The van der Waals surface area contributed by atoms with Crippen molar-refractivity contribution in [3.05, 3.63) is 69.2 Å². The number of nitrogens with two attached hydrogens (primary N) is 1. The summed E-state index contributed by atoms with van der Waals surface area (Å²) in [7, 11) is 0. The Bertz CT molecular complexity index is 563. The molecule has 1 atom stereocenters. The summed E-state index contributed by atoms with van der Waals surface area (Å²) in [5.74, 6) is 0. The second kappa shape index (κ2) is 6.36. The van der Waals surface area contributed by atoms with Crippen molar-refractivity contribution in [2.75, 3.05) is 0 Å². The van der Waals surface area contributed by atoms with Gasteiger partial charge in [-0.3, -0.25) is 0 Å². The lowest BCUT2D eigenvalue weighted by molar-refractivity contribution is 0.663. The van der Waals surface area contributed by atoms with Crippen LogP contribution in [0, 0.1) is 13.8 Å². The Labute approximate surface area is 124 Å². The van der Waals surface area contributed by atoms with E-state index in [2.05, 4.69) is 66.2 Å². The van der Waals surface area contributed by atoms with Gasteiger partial charge in [0, 0.05) is 10.5 Å². The molecule has 1 unspecified atom stereocenters. The van der Waals surface area contributed by atoms with Crippen LogP contribution in [0.3, 0.4) is 0 Å². The average Bonchev–Trinajstić information content (AvgIpc) is 2.37. The molecule has 0 fully saturated rings. The van der Waals surface area contributed by atoms with E-state index in [1.165, 1.54) is 22.3 Å². The van der Waals surface area contributed by atoms with Crippen molar-refractivity contribution in [2.24, 2.45) is 5.73 Å². The van der Waals surface area contributed by atoms with Gasteiger partial charge in [0.1, 0.15) is 0 Å². The van der Waals surface area contributed by atoms with E-state index in [0.29, 0.717) is 0 Å². The molecule has 2 heteroatoms. The average molecular weight is 318 g/mol. The molecule has 2 aromatic rings. The van der Waals surface area contributed by atoms with Crippen LogP contribution in [0.2, 0.25) is 0 Å². The van der Waals surface area contributed by atoms with Crippen LogP contribution in [0.25, 0.3) is 0 Å². The van der Waals surface area contributed by atoms with Gasteiger partial charge in [0.05, 0.1) is 0 Å². The number of hydrogen-bond acceptors (Lipinski definition) is 1. The summed E-state index contributed by atoms with van der Waals surface area (Å²) in [5, 5.41) is 0. The lowest BCUT2D eigenvalue weighted by Crippen LogP contribution is -2.25. The van der Waals surface area contributed by atoms with E-state index in [9.17, 15) is 0 Å². The Morgan fingerprint density at radius 1 is 1.00 bits per heavy atom. The fraction of sp³-hybridized carbons (Fsp3) is 0.294. The lowest BCUT2D eigenvalue weighted by atomic mass is 9.97. The predicted octanol–water partition coefficient (Wildman–Crippen LogP) is 4.18. The molecule has 2 N–H and O–H groups in total. The van der Waals surface area contributed by atoms with Crippen molar-refractivity contribution in [3.63, 3.8) is 0 Å². The molecule has 0 aliphatic carbocycles. The van der Waals surface area contributed by atoms with Crippen LogP contribution >= 0.6 is 15.9 Å². The fourth-order valence-corrected chi connectivity index (χ4v) is 2.70. The van der Waals surface area contributed by atoms with Gasteiger partial charge >= 0.3 is 0 Å². The van der Waals surface area contributed by atoms with Crippen LogP contribution in [0.15, 0.2) is 46.9 Å². The minimum Gasteiger partial charge on any atom is -0.327 e. The van der Waals surface area contributed by atoms with E-state index in [1.54, 1.807) is 0 Å². The highest BCUT2D eigenvalue weighted by Gasteiger charge is 2.08. The van der Waals surface area contributed by atoms with Crippen molar-refractivity contribution in [3.8, 4) is 0 Å². The SMILES string of the molecule is Cc1ccc(CC(N)Cc2ccccc2Br)cc1C. The van der Waals surface area contributed by atoms with Crippen LogP contribution in [0.1, 0.15) is 22.3 Å². The van der Waals surface area contributed by atoms with Crippen LogP contribution in [0.5, 0.6) is 0 Å². The number of halogens is 1. The van der Waals surface area contributed by atoms with E-state index in [4.69, 9.17) is 5.73 Å². The Morgan fingerprint density at radius 3 is 2.42 bits per heavy atom. The Hall–Kier alpha value is -1.12. The molecule has 0 aliphatic rings. The number of benzene rings is 2. The van der Waals surface area contributed by atoms with Crippen molar-refractivity contribution >= 4 is 15.9 Å². The Kier molecular flexibility index (Phi) is 4.78. The molecule has 19 heavy (non-hydrogen) atoms. The minimum atomic E-state index is 0.154. The molecule has 0 spiro atoms. The number of rotatable bonds is 4. The monoisotopic (exact) mass is 317 g/mol. The molecule has 0 radical (unpaired) electrons. The summed E-state index contributed by atoms with van der Waals surface area (Å²) < 4.78 is 1.14. The van der Waals surface area contributed by atoms with Gasteiger partial charge < -0.3 is 5.73 Å². The highest BCUT2D eigenvalue weighted by Crippen LogP contribution is 2.18.